The average Bonchev–Trinajstić information content (AvgIpc) is 3.17. The zero-order valence-corrected chi connectivity index (χ0v) is 14.5. The molecular weight excluding hydrogens is 302 g/mol. The van der Waals surface area contributed by atoms with Crippen molar-refractivity contribution >= 4 is 11.6 Å². The van der Waals surface area contributed by atoms with Gasteiger partial charge in [-0.1, -0.05) is 12.8 Å². The van der Waals surface area contributed by atoms with E-state index in [1.165, 1.54) is 38.8 Å². The van der Waals surface area contributed by atoms with Gasteiger partial charge in [0, 0.05) is 31.1 Å². The van der Waals surface area contributed by atoms with Gasteiger partial charge in [0.1, 0.15) is 17.5 Å². The van der Waals surface area contributed by atoms with Crippen LogP contribution in [-0.2, 0) is 4.74 Å². The third-order valence-electron chi connectivity index (χ3n) is 5.82. The summed E-state index contributed by atoms with van der Waals surface area (Å²) in [7, 11) is 0. The Labute approximate surface area is 144 Å². The molecule has 1 saturated carbocycles. The van der Waals surface area contributed by atoms with Crippen LogP contribution in [0.4, 0.5) is 11.6 Å². The molecule has 0 atom stereocenters. The van der Waals surface area contributed by atoms with Crippen molar-refractivity contribution in [3.05, 3.63) is 11.9 Å². The number of rotatable bonds is 3. The summed E-state index contributed by atoms with van der Waals surface area (Å²) < 4.78 is 5.44. The minimum Gasteiger partial charge on any atom is -0.384 e. The van der Waals surface area contributed by atoms with Gasteiger partial charge in [-0.2, -0.15) is 0 Å². The topological polar surface area (TPSA) is 67.5 Å². The smallest absolute Gasteiger partial charge is 0.136 e. The molecule has 3 aliphatic rings. The Morgan fingerprint density at radius 1 is 0.958 bits per heavy atom. The molecular formula is C18H29N5O. The van der Waals surface area contributed by atoms with Crippen LogP contribution in [-0.4, -0.2) is 60.3 Å². The maximum absolute atomic E-state index is 6.08. The number of hydrogen-bond donors (Lipinski definition) is 1. The summed E-state index contributed by atoms with van der Waals surface area (Å²) in [4.78, 5) is 14.4. The van der Waals surface area contributed by atoms with Crippen LogP contribution in [0.15, 0.2) is 6.07 Å². The van der Waals surface area contributed by atoms with Crippen LogP contribution in [0.2, 0.25) is 0 Å². The number of aromatic nitrogens is 2. The number of nitrogens with two attached hydrogens (primary N) is 1. The van der Waals surface area contributed by atoms with Gasteiger partial charge in [-0.15, -0.1) is 0 Å². The molecule has 6 nitrogen and oxygen atoms in total. The van der Waals surface area contributed by atoms with Crippen molar-refractivity contribution < 1.29 is 4.74 Å². The molecule has 24 heavy (non-hydrogen) atoms. The van der Waals surface area contributed by atoms with E-state index in [1.54, 1.807) is 0 Å². The van der Waals surface area contributed by atoms with Crippen molar-refractivity contribution in [2.45, 2.75) is 50.5 Å². The van der Waals surface area contributed by atoms with Gasteiger partial charge < -0.3 is 20.3 Å². The number of likely N-dealkylation sites (tertiary alicyclic amines) is 1. The lowest BCUT2D eigenvalue weighted by atomic mass is 9.94. The van der Waals surface area contributed by atoms with E-state index >= 15 is 0 Å². The van der Waals surface area contributed by atoms with Crippen LogP contribution in [0.1, 0.15) is 50.3 Å². The van der Waals surface area contributed by atoms with Crippen molar-refractivity contribution in [3.8, 4) is 0 Å². The van der Waals surface area contributed by atoms with E-state index in [-0.39, 0.29) is 0 Å². The summed E-state index contributed by atoms with van der Waals surface area (Å²) in [6.07, 6.45) is 7.91. The highest BCUT2D eigenvalue weighted by Crippen LogP contribution is 2.32. The molecule has 0 amide bonds. The first-order valence-corrected chi connectivity index (χ1v) is 9.51. The molecule has 1 aromatic rings. The van der Waals surface area contributed by atoms with E-state index < -0.39 is 0 Å². The maximum Gasteiger partial charge on any atom is 0.136 e. The van der Waals surface area contributed by atoms with Gasteiger partial charge >= 0.3 is 0 Å². The Kier molecular flexibility index (Phi) is 4.85. The fraction of sp³-hybridized carbons (Fsp3) is 0.778. The molecule has 6 heteroatoms. The molecule has 2 N–H and O–H groups in total. The Morgan fingerprint density at radius 2 is 1.67 bits per heavy atom. The molecule has 0 spiro atoms. The third kappa shape index (κ3) is 3.49. The van der Waals surface area contributed by atoms with E-state index in [0.717, 1.165) is 56.8 Å². The number of morpholine rings is 1. The second-order valence-electron chi connectivity index (χ2n) is 7.36. The fourth-order valence-corrected chi connectivity index (χ4v) is 4.40. The highest BCUT2D eigenvalue weighted by Gasteiger charge is 2.29. The highest BCUT2D eigenvalue weighted by atomic mass is 16.5. The van der Waals surface area contributed by atoms with Crippen LogP contribution in [0.5, 0.6) is 0 Å². The van der Waals surface area contributed by atoms with E-state index in [2.05, 4.69) is 14.8 Å². The first kappa shape index (κ1) is 16.1. The molecule has 3 heterocycles. The van der Waals surface area contributed by atoms with Gasteiger partial charge in [-0.05, 0) is 38.8 Å². The SMILES string of the molecule is Nc1cc(N2CCOCC2)nc(C2CCN(C3CCCC3)CC2)n1. The molecule has 0 radical (unpaired) electrons. The number of ether oxygens (including phenoxy) is 1. The average molecular weight is 331 g/mol. The molecule has 3 fully saturated rings. The van der Waals surface area contributed by atoms with Gasteiger partial charge in [-0.3, -0.25) is 0 Å². The first-order valence-electron chi connectivity index (χ1n) is 9.51. The maximum atomic E-state index is 6.08. The largest absolute Gasteiger partial charge is 0.384 e. The summed E-state index contributed by atoms with van der Waals surface area (Å²) in [6, 6.07) is 2.74. The van der Waals surface area contributed by atoms with Crippen LogP contribution in [0.25, 0.3) is 0 Å². The Morgan fingerprint density at radius 3 is 2.38 bits per heavy atom. The zero-order chi connectivity index (χ0) is 16.4. The van der Waals surface area contributed by atoms with Gasteiger partial charge in [0.2, 0.25) is 0 Å². The number of hydrogen-bond acceptors (Lipinski definition) is 6. The van der Waals surface area contributed by atoms with Crippen molar-refractivity contribution in [2.24, 2.45) is 0 Å². The van der Waals surface area contributed by atoms with E-state index in [4.69, 9.17) is 15.5 Å². The summed E-state index contributed by atoms with van der Waals surface area (Å²) in [5, 5.41) is 0. The first-order chi connectivity index (χ1) is 11.8. The second-order valence-corrected chi connectivity index (χ2v) is 7.36. The third-order valence-corrected chi connectivity index (χ3v) is 5.82. The minimum absolute atomic E-state index is 0.450. The molecule has 2 aliphatic heterocycles. The van der Waals surface area contributed by atoms with Gasteiger partial charge in [0.05, 0.1) is 13.2 Å². The van der Waals surface area contributed by atoms with Gasteiger partial charge in [0.15, 0.2) is 0 Å². The quantitative estimate of drug-likeness (QED) is 0.914. The molecule has 1 aromatic heterocycles. The van der Waals surface area contributed by atoms with Crippen LogP contribution in [0.3, 0.4) is 0 Å². The molecule has 2 saturated heterocycles. The Hall–Kier alpha value is -1.40. The minimum atomic E-state index is 0.450. The zero-order valence-electron chi connectivity index (χ0n) is 14.5. The van der Waals surface area contributed by atoms with E-state index in [0.29, 0.717) is 11.7 Å². The molecule has 0 bridgehead atoms. The number of nitrogen functional groups attached to an aromatic ring is 1. The second kappa shape index (κ2) is 7.23. The molecule has 132 valence electrons. The molecule has 1 aliphatic carbocycles. The lowest BCUT2D eigenvalue weighted by Crippen LogP contribution is -2.40. The van der Waals surface area contributed by atoms with E-state index in [9.17, 15) is 0 Å². The number of anilines is 2. The Balaban J connectivity index is 1.43. The summed E-state index contributed by atoms with van der Waals surface area (Å²) in [5.41, 5.74) is 6.08. The monoisotopic (exact) mass is 331 g/mol. The lowest BCUT2D eigenvalue weighted by molar-refractivity contribution is 0.122. The van der Waals surface area contributed by atoms with Crippen LogP contribution in [0, 0.1) is 0 Å². The van der Waals surface area contributed by atoms with Crippen molar-refractivity contribution in [1.82, 2.24) is 14.9 Å². The number of nitrogens with zero attached hydrogens (tertiary/aromatic N) is 4. The summed E-state index contributed by atoms with van der Waals surface area (Å²) >= 11 is 0. The summed E-state index contributed by atoms with van der Waals surface area (Å²) in [5.74, 6) is 2.97. The summed E-state index contributed by atoms with van der Waals surface area (Å²) in [6.45, 7) is 5.66. The predicted octanol–water partition coefficient (Wildman–Crippen LogP) is 2.02. The van der Waals surface area contributed by atoms with Crippen molar-refractivity contribution in [3.63, 3.8) is 0 Å². The van der Waals surface area contributed by atoms with Crippen molar-refractivity contribution in [2.75, 3.05) is 50.0 Å². The molecule has 0 unspecified atom stereocenters. The molecule has 4 rings (SSSR count). The predicted molar refractivity (Wildman–Crippen MR) is 95.3 cm³/mol. The fourth-order valence-electron chi connectivity index (χ4n) is 4.40. The number of piperidine rings is 1. The standard InChI is InChI=1S/C18H29N5O/c19-16-13-17(23-9-11-24-12-10-23)21-18(20-16)14-5-7-22(8-6-14)15-3-1-2-4-15/h13-15H,1-12H2,(H2,19,20,21). The lowest BCUT2D eigenvalue weighted by Gasteiger charge is -2.35. The van der Waals surface area contributed by atoms with Crippen LogP contribution < -0.4 is 10.6 Å². The van der Waals surface area contributed by atoms with Gasteiger partial charge in [0.25, 0.3) is 0 Å². The van der Waals surface area contributed by atoms with Crippen LogP contribution >= 0.6 is 0 Å². The van der Waals surface area contributed by atoms with Crippen molar-refractivity contribution in [1.29, 1.82) is 0 Å². The normalized spacial score (nSPS) is 24.6. The van der Waals surface area contributed by atoms with Gasteiger partial charge in [-0.25, -0.2) is 9.97 Å². The Bertz CT molecular complexity index is 546. The van der Waals surface area contributed by atoms with E-state index in [1.807, 2.05) is 6.07 Å². The molecule has 0 aromatic carbocycles. The highest BCUT2D eigenvalue weighted by molar-refractivity contribution is 5.47.